The normalized spacial score (nSPS) is 24.6. The second-order valence-corrected chi connectivity index (χ2v) is 8.97. The molecule has 0 aliphatic carbocycles. The molecule has 0 unspecified atom stereocenters. The largest absolute Gasteiger partial charge is 0.389 e. The van der Waals surface area contributed by atoms with Gasteiger partial charge in [0, 0.05) is 36.7 Å². The topological polar surface area (TPSA) is 106 Å². The molecule has 1 fully saturated rings. The Hall–Kier alpha value is -1.53. The lowest BCUT2D eigenvalue weighted by molar-refractivity contribution is -0.0894. The van der Waals surface area contributed by atoms with Gasteiger partial charge in [0.2, 0.25) is 0 Å². The van der Waals surface area contributed by atoms with Gasteiger partial charge in [0.05, 0.1) is 24.5 Å². The van der Waals surface area contributed by atoms with E-state index in [0.717, 1.165) is 31.7 Å². The number of hydrogen-bond acceptors (Lipinski definition) is 8. The highest BCUT2D eigenvalue weighted by molar-refractivity contribution is 7.13. The fourth-order valence-electron chi connectivity index (χ4n) is 3.69. The highest BCUT2D eigenvalue weighted by Crippen LogP contribution is 2.27. The molecule has 7 nitrogen and oxygen atoms in total. The Labute approximate surface area is 189 Å². The Morgan fingerprint density at radius 3 is 2.38 bits per heavy atom. The number of halogens is 2. The minimum Gasteiger partial charge on any atom is -0.389 e. The molecule has 0 spiro atoms. The summed E-state index contributed by atoms with van der Waals surface area (Å²) in [5.41, 5.74) is 0.979. The summed E-state index contributed by atoms with van der Waals surface area (Å²) in [6.45, 7) is 1.99. The molecule has 1 aliphatic heterocycles. The molecule has 1 aromatic heterocycles. The quantitative estimate of drug-likeness (QED) is 0.392. The average molecular weight is 473 g/mol. The van der Waals surface area contributed by atoms with Crippen LogP contribution < -0.4 is 0 Å². The fraction of sp³-hybridized carbons (Fsp3) is 0.591. The van der Waals surface area contributed by atoms with Gasteiger partial charge in [-0.05, 0) is 31.5 Å². The summed E-state index contributed by atoms with van der Waals surface area (Å²) in [4.78, 5) is 6.21. The number of benzene rings is 1. The molecule has 0 radical (unpaired) electrons. The van der Waals surface area contributed by atoms with Crippen molar-refractivity contribution < 1.29 is 33.9 Å². The van der Waals surface area contributed by atoms with Crippen LogP contribution in [0.25, 0.3) is 10.6 Å². The zero-order valence-corrected chi connectivity index (χ0v) is 18.6. The summed E-state index contributed by atoms with van der Waals surface area (Å²) in [5, 5.41) is 41.5. The van der Waals surface area contributed by atoms with Gasteiger partial charge in [-0.2, -0.15) is 0 Å². The molecular weight excluding hydrogens is 442 g/mol. The van der Waals surface area contributed by atoms with Crippen molar-refractivity contribution in [3.8, 4) is 10.6 Å². The zero-order chi connectivity index (χ0) is 23.1. The number of hydrogen-bond donors (Lipinski definition) is 4. The lowest BCUT2D eigenvalue weighted by Crippen LogP contribution is -2.43. The summed E-state index contributed by atoms with van der Waals surface area (Å²) >= 11 is 1.29. The van der Waals surface area contributed by atoms with Crippen LogP contribution in [0, 0.1) is 11.6 Å². The maximum Gasteiger partial charge on any atom is 0.136 e. The Kier molecular flexibility index (Phi) is 9.47. The van der Waals surface area contributed by atoms with Crippen LogP contribution in [0.4, 0.5) is 8.78 Å². The molecule has 2 aromatic rings. The SMILES string of the molecule is O[C@H]1[C@H](O)[C@@H](O)CN(CCCCCCOCc2csc(-c3ccc(F)cc3F)n2)C[C@@H]1O. The number of unbranched alkanes of at least 4 members (excludes halogenated alkanes) is 3. The average Bonchev–Trinajstić information content (AvgIpc) is 3.19. The van der Waals surface area contributed by atoms with Gasteiger partial charge in [-0.3, -0.25) is 4.90 Å². The van der Waals surface area contributed by atoms with E-state index in [9.17, 15) is 29.2 Å². The monoisotopic (exact) mass is 472 g/mol. The lowest BCUT2D eigenvalue weighted by Gasteiger charge is -2.23. The first-order chi connectivity index (χ1) is 15.3. The number of ether oxygens (including phenoxy) is 1. The number of aliphatic hydroxyl groups is 4. The van der Waals surface area contributed by atoms with E-state index < -0.39 is 36.1 Å². The Balaban J connectivity index is 1.29. The fourth-order valence-corrected chi connectivity index (χ4v) is 4.52. The molecule has 4 atom stereocenters. The van der Waals surface area contributed by atoms with Crippen LogP contribution in [0.1, 0.15) is 31.4 Å². The first kappa shape index (κ1) is 25.1. The molecule has 32 heavy (non-hydrogen) atoms. The minimum atomic E-state index is -1.34. The summed E-state index contributed by atoms with van der Waals surface area (Å²) in [5.74, 6) is -1.26. The number of likely N-dealkylation sites (tertiary alicyclic amines) is 1. The van der Waals surface area contributed by atoms with Gasteiger partial charge in [0.25, 0.3) is 0 Å². The smallest absolute Gasteiger partial charge is 0.136 e. The van der Waals surface area contributed by atoms with Crippen molar-refractivity contribution in [1.29, 1.82) is 0 Å². The van der Waals surface area contributed by atoms with Gasteiger partial charge < -0.3 is 25.2 Å². The summed E-state index contributed by atoms with van der Waals surface area (Å²) < 4.78 is 32.5. The van der Waals surface area contributed by atoms with Gasteiger partial charge in [-0.1, -0.05) is 12.8 Å². The number of aliphatic hydroxyl groups excluding tert-OH is 4. The predicted molar refractivity (Wildman–Crippen MR) is 116 cm³/mol. The zero-order valence-electron chi connectivity index (χ0n) is 17.7. The molecule has 4 N–H and O–H groups in total. The highest BCUT2D eigenvalue weighted by Gasteiger charge is 2.35. The number of aromatic nitrogens is 1. The Morgan fingerprint density at radius 1 is 1.00 bits per heavy atom. The van der Waals surface area contributed by atoms with E-state index in [4.69, 9.17) is 4.74 Å². The first-order valence-electron chi connectivity index (χ1n) is 10.8. The van der Waals surface area contributed by atoms with Crippen LogP contribution in [0.15, 0.2) is 23.6 Å². The second-order valence-electron chi connectivity index (χ2n) is 8.11. The molecule has 0 bridgehead atoms. The van der Waals surface area contributed by atoms with Crippen molar-refractivity contribution in [1.82, 2.24) is 9.88 Å². The van der Waals surface area contributed by atoms with Crippen LogP contribution in [0.2, 0.25) is 0 Å². The van der Waals surface area contributed by atoms with E-state index in [1.54, 1.807) is 5.38 Å². The van der Waals surface area contributed by atoms with Crippen molar-refractivity contribution in [2.45, 2.75) is 56.7 Å². The maximum absolute atomic E-state index is 13.9. The summed E-state index contributed by atoms with van der Waals surface area (Å²) in [7, 11) is 0. The van der Waals surface area contributed by atoms with Crippen LogP contribution in [-0.2, 0) is 11.3 Å². The number of nitrogens with zero attached hydrogens (tertiary/aromatic N) is 2. The van der Waals surface area contributed by atoms with Gasteiger partial charge in [0.15, 0.2) is 0 Å². The molecule has 0 saturated carbocycles. The standard InChI is InChI=1S/C22H30F2N2O5S/c23-14-5-6-16(17(24)9-14)22-25-15(13-32-22)12-31-8-4-2-1-3-7-26-10-18(27)20(29)21(30)19(28)11-26/h5-6,9,13,18-21,27-30H,1-4,7-8,10-12H2/t18-,19-,20+,21+/m0/s1. The molecule has 1 saturated heterocycles. The van der Waals surface area contributed by atoms with Crippen LogP contribution in [0.5, 0.6) is 0 Å². The van der Waals surface area contributed by atoms with Crippen molar-refractivity contribution in [2.75, 3.05) is 26.2 Å². The highest BCUT2D eigenvalue weighted by atomic mass is 32.1. The minimum absolute atomic E-state index is 0.218. The number of rotatable bonds is 10. The van der Waals surface area contributed by atoms with E-state index in [2.05, 4.69) is 4.98 Å². The van der Waals surface area contributed by atoms with E-state index in [0.29, 0.717) is 30.5 Å². The predicted octanol–water partition coefficient (Wildman–Crippen LogP) is 1.92. The third-order valence-electron chi connectivity index (χ3n) is 5.51. The molecule has 3 rings (SSSR count). The lowest BCUT2D eigenvalue weighted by atomic mass is 10.1. The molecule has 178 valence electrons. The van der Waals surface area contributed by atoms with Gasteiger partial charge in [0.1, 0.15) is 28.8 Å². The van der Waals surface area contributed by atoms with Gasteiger partial charge in [-0.15, -0.1) is 11.3 Å². The number of β-amino-alcohol motifs (C(OH)–C–C–N with tert-alkyl or cyclic N) is 2. The summed E-state index contributed by atoms with van der Waals surface area (Å²) in [6, 6.07) is 3.43. The second kappa shape index (κ2) is 12.1. The molecular formula is C22H30F2N2O5S. The molecule has 1 aromatic carbocycles. The molecule has 2 heterocycles. The van der Waals surface area contributed by atoms with Crippen molar-refractivity contribution in [3.05, 3.63) is 40.9 Å². The molecule has 1 aliphatic rings. The molecule has 10 heteroatoms. The molecule has 0 amide bonds. The van der Waals surface area contributed by atoms with E-state index in [-0.39, 0.29) is 18.7 Å². The van der Waals surface area contributed by atoms with E-state index in [1.165, 1.54) is 23.5 Å². The Bertz CT molecular complexity index is 839. The third kappa shape index (κ3) is 6.98. The van der Waals surface area contributed by atoms with E-state index in [1.807, 2.05) is 4.90 Å². The van der Waals surface area contributed by atoms with Gasteiger partial charge in [-0.25, -0.2) is 13.8 Å². The van der Waals surface area contributed by atoms with Crippen molar-refractivity contribution in [2.24, 2.45) is 0 Å². The third-order valence-corrected chi connectivity index (χ3v) is 6.43. The van der Waals surface area contributed by atoms with Crippen LogP contribution in [-0.4, -0.2) is 81.0 Å². The Morgan fingerprint density at radius 2 is 1.69 bits per heavy atom. The first-order valence-corrected chi connectivity index (χ1v) is 11.7. The van der Waals surface area contributed by atoms with Gasteiger partial charge >= 0.3 is 0 Å². The van der Waals surface area contributed by atoms with Crippen LogP contribution in [0.3, 0.4) is 0 Å². The van der Waals surface area contributed by atoms with E-state index >= 15 is 0 Å². The van der Waals surface area contributed by atoms with Crippen LogP contribution >= 0.6 is 11.3 Å². The summed E-state index contributed by atoms with van der Waals surface area (Å²) in [6.07, 6.45) is -1.21. The maximum atomic E-state index is 13.9. The number of thiazole rings is 1. The van der Waals surface area contributed by atoms with Crippen molar-refractivity contribution >= 4 is 11.3 Å². The van der Waals surface area contributed by atoms with Crippen molar-refractivity contribution in [3.63, 3.8) is 0 Å².